The monoisotopic (exact) mass is 310 g/mol. The summed E-state index contributed by atoms with van der Waals surface area (Å²) in [7, 11) is 1.47. The second-order valence-electron chi connectivity index (χ2n) is 4.18. The minimum atomic E-state index is -0.307. The highest BCUT2D eigenvalue weighted by Gasteiger charge is 2.17. The van der Waals surface area contributed by atoms with Crippen molar-refractivity contribution in [2.75, 3.05) is 18.6 Å². The Labute approximate surface area is 126 Å². The minimum absolute atomic E-state index is 0.247. The zero-order chi connectivity index (χ0) is 14.9. The average Bonchev–Trinajstić information content (AvgIpc) is 2.39. The standard InChI is InChI=1S/C14H12Cl2N2O2/c1-20-13-6-11(15)10(5-12(13)16)14(19)7-2-8(17)4-9(18)3-7/h2-6H,17-18H2,1H3. The molecule has 2 rings (SSSR count). The maximum atomic E-state index is 12.4. The zero-order valence-electron chi connectivity index (χ0n) is 10.6. The number of ether oxygens (including phenoxy) is 1. The molecule has 2 aromatic carbocycles. The first-order valence-corrected chi connectivity index (χ1v) is 6.41. The lowest BCUT2D eigenvalue weighted by molar-refractivity contribution is 0.103. The number of rotatable bonds is 3. The Morgan fingerprint density at radius 1 is 1.00 bits per heavy atom. The summed E-state index contributed by atoms with van der Waals surface area (Å²) in [6.07, 6.45) is 0. The molecule has 4 N–H and O–H groups in total. The van der Waals surface area contributed by atoms with Crippen molar-refractivity contribution in [3.63, 3.8) is 0 Å². The summed E-state index contributed by atoms with van der Waals surface area (Å²) in [5.74, 6) is 0.0962. The Balaban J connectivity index is 2.50. The van der Waals surface area contributed by atoms with Crippen LogP contribution in [-0.4, -0.2) is 12.9 Å². The van der Waals surface area contributed by atoms with Crippen molar-refractivity contribution in [2.24, 2.45) is 0 Å². The van der Waals surface area contributed by atoms with Crippen LogP contribution in [-0.2, 0) is 0 Å². The molecule has 20 heavy (non-hydrogen) atoms. The molecule has 0 fully saturated rings. The summed E-state index contributed by atoms with van der Waals surface area (Å²) in [6.45, 7) is 0. The average molecular weight is 311 g/mol. The molecule has 0 spiro atoms. The van der Waals surface area contributed by atoms with Crippen LogP contribution in [0.5, 0.6) is 5.75 Å². The van der Waals surface area contributed by atoms with E-state index in [9.17, 15) is 4.79 Å². The number of hydrogen-bond donors (Lipinski definition) is 2. The van der Waals surface area contributed by atoms with Crippen molar-refractivity contribution in [3.05, 3.63) is 51.5 Å². The molecule has 0 aliphatic carbocycles. The van der Waals surface area contributed by atoms with Crippen molar-refractivity contribution < 1.29 is 9.53 Å². The number of halogens is 2. The van der Waals surface area contributed by atoms with Crippen LogP contribution in [0.2, 0.25) is 10.0 Å². The Bertz CT molecular complexity index is 667. The first-order valence-electron chi connectivity index (χ1n) is 5.66. The van der Waals surface area contributed by atoms with Gasteiger partial charge in [0.05, 0.1) is 17.2 Å². The SMILES string of the molecule is COc1cc(Cl)c(C(=O)c2cc(N)cc(N)c2)cc1Cl. The quantitative estimate of drug-likeness (QED) is 0.672. The predicted octanol–water partition coefficient (Wildman–Crippen LogP) is 3.40. The fraction of sp³-hybridized carbons (Fsp3) is 0.0714. The van der Waals surface area contributed by atoms with Gasteiger partial charge in [0, 0.05) is 28.6 Å². The van der Waals surface area contributed by atoms with E-state index in [1.165, 1.54) is 31.4 Å². The van der Waals surface area contributed by atoms with Gasteiger partial charge in [0.2, 0.25) is 0 Å². The van der Waals surface area contributed by atoms with Crippen molar-refractivity contribution in [3.8, 4) is 5.75 Å². The molecule has 0 heterocycles. The summed E-state index contributed by atoms with van der Waals surface area (Å²) >= 11 is 12.1. The van der Waals surface area contributed by atoms with Crippen molar-refractivity contribution in [1.29, 1.82) is 0 Å². The molecule has 0 atom stereocenters. The molecule has 0 radical (unpaired) electrons. The molecule has 0 aromatic heterocycles. The summed E-state index contributed by atoms with van der Waals surface area (Å²) in [5, 5.41) is 0.550. The topological polar surface area (TPSA) is 78.3 Å². The Morgan fingerprint density at radius 2 is 1.60 bits per heavy atom. The summed E-state index contributed by atoms with van der Waals surface area (Å²) in [6, 6.07) is 7.59. The molecular formula is C14H12Cl2N2O2. The van der Waals surface area contributed by atoms with Gasteiger partial charge in [0.25, 0.3) is 0 Å². The van der Waals surface area contributed by atoms with Crippen LogP contribution in [0.3, 0.4) is 0 Å². The van der Waals surface area contributed by atoms with E-state index in [2.05, 4.69) is 0 Å². The molecule has 0 saturated carbocycles. The van der Waals surface area contributed by atoms with Gasteiger partial charge < -0.3 is 16.2 Å². The molecule has 104 valence electrons. The molecule has 0 unspecified atom stereocenters. The Kier molecular flexibility index (Phi) is 4.06. The van der Waals surface area contributed by atoms with E-state index in [1.54, 1.807) is 6.07 Å². The van der Waals surface area contributed by atoms with Crippen LogP contribution in [0.4, 0.5) is 11.4 Å². The molecule has 0 amide bonds. The van der Waals surface area contributed by atoms with E-state index in [0.717, 1.165) is 0 Å². The van der Waals surface area contributed by atoms with Crippen molar-refractivity contribution in [1.82, 2.24) is 0 Å². The summed E-state index contributed by atoms with van der Waals surface area (Å²) < 4.78 is 5.04. The Morgan fingerprint density at radius 3 is 2.15 bits per heavy atom. The number of carbonyl (C=O) groups is 1. The molecule has 0 saturated heterocycles. The van der Waals surface area contributed by atoms with E-state index < -0.39 is 0 Å². The number of benzene rings is 2. The number of ketones is 1. The Hall–Kier alpha value is -1.91. The highest BCUT2D eigenvalue weighted by Crippen LogP contribution is 2.32. The van der Waals surface area contributed by atoms with Gasteiger partial charge in [0.1, 0.15) is 5.75 Å². The fourth-order valence-electron chi connectivity index (χ4n) is 1.82. The smallest absolute Gasteiger partial charge is 0.194 e. The second kappa shape index (κ2) is 5.61. The predicted molar refractivity (Wildman–Crippen MR) is 81.7 cm³/mol. The highest BCUT2D eigenvalue weighted by atomic mass is 35.5. The van der Waals surface area contributed by atoms with Crippen LogP contribution >= 0.6 is 23.2 Å². The molecule has 0 bridgehead atoms. The normalized spacial score (nSPS) is 10.3. The number of methoxy groups -OCH3 is 1. The molecule has 0 aliphatic rings. The lowest BCUT2D eigenvalue weighted by atomic mass is 10.0. The van der Waals surface area contributed by atoms with Gasteiger partial charge in [-0.25, -0.2) is 0 Å². The van der Waals surface area contributed by atoms with Crippen LogP contribution in [0.25, 0.3) is 0 Å². The number of nitrogen functional groups attached to an aromatic ring is 2. The van der Waals surface area contributed by atoms with Crippen molar-refractivity contribution >= 4 is 40.4 Å². The number of carbonyl (C=O) groups excluding carboxylic acids is 1. The van der Waals surface area contributed by atoms with E-state index in [1.807, 2.05) is 0 Å². The van der Waals surface area contributed by atoms with Crippen LogP contribution < -0.4 is 16.2 Å². The van der Waals surface area contributed by atoms with Gasteiger partial charge in [-0.2, -0.15) is 0 Å². The fourth-order valence-corrected chi connectivity index (χ4v) is 2.30. The third kappa shape index (κ3) is 2.81. The van der Waals surface area contributed by atoms with Gasteiger partial charge in [-0.3, -0.25) is 4.79 Å². The largest absolute Gasteiger partial charge is 0.495 e. The lowest BCUT2D eigenvalue weighted by Crippen LogP contribution is -2.05. The van der Waals surface area contributed by atoms with E-state index in [-0.39, 0.29) is 16.4 Å². The maximum absolute atomic E-state index is 12.4. The maximum Gasteiger partial charge on any atom is 0.194 e. The third-order valence-electron chi connectivity index (χ3n) is 2.73. The van der Waals surface area contributed by atoms with Gasteiger partial charge in [0.15, 0.2) is 5.78 Å². The lowest BCUT2D eigenvalue weighted by Gasteiger charge is -2.09. The number of anilines is 2. The third-order valence-corrected chi connectivity index (χ3v) is 3.33. The number of hydrogen-bond acceptors (Lipinski definition) is 4. The van der Waals surface area contributed by atoms with E-state index in [4.69, 9.17) is 39.4 Å². The van der Waals surface area contributed by atoms with Crippen LogP contribution in [0.15, 0.2) is 30.3 Å². The summed E-state index contributed by atoms with van der Waals surface area (Å²) in [5.41, 5.74) is 12.8. The molecule has 4 nitrogen and oxygen atoms in total. The number of nitrogens with two attached hydrogens (primary N) is 2. The van der Waals surface area contributed by atoms with Crippen molar-refractivity contribution in [2.45, 2.75) is 0 Å². The first-order chi connectivity index (χ1) is 9.42. The highest BCUT2D eigenvalue weighted by molar-refractivity contribution is 6.37. The minimum Gasteiger partial charge on any atom is -0.495 e. The molecule has 0 aliphatic heterocycles. The van der Waals surface area contributed by atoms with Crippen LogP contribution in [0, 0.1) is 0 Å². The van der Waals surface area contributed by atoms with Gasteiger partial charge in [-0.1, -0.05) is 23.2 Å². The molecule has 2 aromatic rings. The van der Waals surface area contributed by atoms with Gasteiger partial charge >= 0.3 is 0 Å². The summed E-state index contributed by atoms with van der Waals surface area (Å²) in [4.78, 5) is 12.4. The van der Waals surface area contributed by atoms with Gasteiger partial charge in [-0.15, -0.1) is 0 Å². The second-order valence-corrected chi connectivity index (χ2v) is 5.00. The molecule has 6 heteroatoms. The van der Waals surface area contributed by atoms with Crippen LogP contribution in [0.1, 0.15) is 15.9 Å². The molecular weight excluding hydrogens is 299 g/mol. The van der Waals surface area contributed by atoms with E-state index in [0.29, 0.717) is 27.7 Å². The van der Waals surface area contributed by atoms with E-state index >= 15 is 0 Å². The van der Waals surface area contributed by atoms with Gasteiger partial charge in [-0.05, 0) is 24.3 Å². The first kappa shape index (κ1) is 14.5. The zero-order valence-corrected chi connectivity index (χ0v) is 12.1.